The number of halogens is 1. The number of aromatic nitrogens is 4. The van der Waals surface area contributed by atoms with Crippen molar-refractivity contribution in [1.82, 2.24) is 19.5 Å². The van der Waals surface area contributed by atoms with Crippen LogP contribution in [0.3, 0.4) is 0 Å². The summed E-state index contributed by atoms with van der Waals surface area (Å²) in [4.78, 5) is 13.5. The molecule has 6 nitrogen and oxygen atoms in total. The van der Waals surface area contributed by atoms with Crippen LogP contribution in [0.1, 0.15) is 24.7 Å². The number of fused-ring (bicyclic) bond motifs is 1. The maximum Gasteiger partial charge on any atom is 0.229 e. The Kier molecular flexibility index (Phi) is 3.86. The molecule has 124 valence electrons. The molecule has 7 heteroatoms. The minimum absolute atomic E-state index is 0.273. The molecule has 0 bridgehead atoms. The van der Waals surface area contributed by atoms with Crippen LogP contribution in [0.25, 0.3) is 11.2 Å². The van der Waals surface area contributed by atoms with Gasteiger partial charge in [-0.1, -0.05) is 0 Å². The SMILES string of the molecule is Cc1nc2cnc(Nc3ccc(F)cc3)nc2n1C1CCOCC1. The zero-order valence-electron chi connectivity index (χ0n) is 13.4. The van der Waals surface area contributed by atoms with Gasteiger partial charge >= 0.3 is 0 Å². The number of hydrogen-bond donors (Lipinski definition) is 1. The average Bonchev–Trinajstić information content (AvgIpc) is 2.93. The Morgan fingerprint density at radius 3 is 2.67 bits per heavy atom. The Hall–Kier alpha value is -2.54. The number of nitrogens with zero attached hydrogens (tertiary/aromatic N) is 4. The van der Waals surface area contributed by atoms with Crippen molar-refractivity contribution >= 4 is 22.8 Å². The van der Waals surface area contributed by atoms with Crippen molar-refractivity contribution in [3.63, 3.8) is 0 Å². The van der Waals surface area contributed by atoms with Crippen molar-refractivity contribution in [2.24, 2.45) is 0 Å². The zero-order valence-corrected chi connectivity index (χ0v) is 13.4. The summed E-state index contributed by atoms with van der Waals surface area (Å²) in [5.74, 6) is 1.14. The molecule has 1 aliphatic rings. The fraction of sp³-hybridized carbons (Fsp3) is 0.353. The third-order valence-corrected chi connectivity index (χ3v) is 4.27. The second kappa shape index (κ2) is 6.16. The zero-order chi connectivity index (χ0) is 16.5. The lowest BCUT2D eigenvalue weighted by Crippen LogP contribution is -2.20. The van der Waals surface area contributed by atoms with Crippen LogP contribution in [0.15, 0.2) is 30.5 Å². The fourth-order valence-electron chi connectivity index (χ4n) is 3.11. The molecule has 1 aliphatic heterocycles. The van der Waals surface area contributed by atoms with Gasteiger partial charge in [0.15, 0.2) is 5.65 Å². The minimum Gasteiger partial charge on any atom is -0.381 e. The molecule has 1 aromatic carbocycles. The third-order valence-electron chi connectivity index (χ3n) is 4.27. The Bertz CT molecular complexity index is 855. The molecule has 3 heterocycles. The predicted molar refractivity (Wildman–Crippen MR) is 88.8 cm³/mol. The van der Waals surface area contributed by atoms with Gasteiger partial charge in [0.25, 0.3) is 0 Å². The van der Waals surface area contributed by atoms with Crippen LogP contribution in [-0.4, -0.2) is 32.7 Å². The summed E-state index contributed by atoms with van der Waals surface area (Å²) in [6, 6.07) is 6.46. The molecule has 4 rings (SSSR count). The summed E-state index contributed by atoms with van der Waals surface area (Å²) in [6.45, 7) is 3.51. The van der Waals surface area contributed by atoms with Crippen LogP contribution < -0.4 is 5.32 Å². The molecule has 0 unspecified atom stereocenters. The van der Waals surface area contributed by atoms with Gasteiger partial charge in [-0.15, -0.1) is 0 Å². The molecule has 3 aromatic rings. The van der Waals surface area contributed by atoms with E-state index in [0.717, 1.165) is 48.7 Å². The van der Waals surface area contributed by atoms with Gasteiger partial charge in [-0.3, -0.25) is 0 Å². The van der Waals surface area contributed by atoms with Gasteiger partial charge < -0.3 is 14.6 Å². The summed E-state index contributed by atoms with van der Waals surface area (Å²) in [5.41, 5.74) is 2.34. The van der Waals surface area contributed by atoms with Crippen LogP contribution >= 0.6 is 0 Å². The summed E-state index contributed by atoms with van der Waals surface area (Å²) in [7, 11) is 0. The largest absolute Gasteiger partial charge is 0.381 e. The standard InChI is InChI=1S/C17H18FN5O/c1-11-20-15-10-19-17(21-13-4-2-12(18)3-5-13)22-16(15)23(11)14-6-8-24-9-7-14/h2-5,10,14H,6-9H2,1H3,(H,19,21,22). The average molecular weight is 327 g/mol. The molecular weight excluding hydrogens is 309 g/mol. The number of rotatable bonds is 3. The summed E-state index contributed by atoms with van der Waals surface area (Å²) < 4.78 is 20.6. The van der Waals surface area contributed by atoms with E-state index in [9.17, 15) is 4.39 Å². The van der Waals surface area contributed by atoms with Crippen LogP contribution in [0, 0.1) is 12.7 Å². The van der Waals surface area contributed by atoms with Gasteiger partial charge in [-0.05, 0) is 44.0 Å². The second-order valence-electron chi connectivity index (χ2n) is 5.91. The number of imidazole rings is 1. The Labute approximate surface area is 138 Å². The third kappa shape index (κ3) is 2.82. The molecule has 0 saturated carbocycles. The first-order chi connectivity index (χ1) is 11.7. The predicted octanol–water partition coefficient (Wildman–Crippen LogP) is 3.37. The van der Waals surface area contributed by atoms with Gasteiger partial charge in [0.2, 0.25) is 5.95 Å². The van der Waals surface area contributed by atoms with E-state index in [2.05, 4.69) is 24.8 Å². The summed E-state index contributed by atoms with van der Waals surface area (Å²) in [6.07, 6.45) is 3.63. The first kappa shape index (κ1) is 15.0. The number of hydrogen-bond acceptors (Lipinski definition) is 5. The van der Waals surface area contributed by atoms with E-state index in [-0.39, 0.29) is 5.82 Å². The topological polar surface area (TPSA) is 64.9 Å². The molecule has 0 amide bonds. The normalized spacial score (nSPS) is 15.8. The van der Waals surface area contributed by atoms with Gasteiger partial charge in [-0.25, -0.2) is 14.4 Å². The van der Waals surface area contributed by atoms with Crippen LogP contribution in [-0.2, 0) is 4.74 Å². The molecule has 1 N–H and O–H groups in total. The highest BCUT2D eigenvalue weighted by molar-refractivity contribution is 5.73. The highest BCUT2D eigenvalue weighted by atomic mass is 19.1. The van der Waals surface area contributed by atoms with Gasteiger partial charge in [0.1, 0.15) is 17.2 Å². The van der Waals surface area contributed by atoms with E-state index >= 15 is 0 Å². The molecule has 24 heavy (non-hydrogen) atoms. The first-order valence-electron chi connectivity index (χ1n) is 8.02. The van der Waals surface area contributed by atoms with Gasteiger partial charge in [-0.2, -0.15) is 4.98 Å². The lowest BCUT2D eigenvalue weighted by Gasteiger charge is -2.24. The minimum atomic E-state index is -0.273. The van der Waals surface area contributed by atoms with E-state index in [1.807, 2.05) is 6.92 Å². The number of ether oxygens (including phenoxy) is 1. The molecule has 0 radical (unpaired) electrons. The Balaban J connectivity index is 1.69. The van der Waals surface area contributed by atoms with E-state index in [0.29, 0.717) is 12.0 Å². The molecule has 1 saturated heterocycles. The Morgan fingerprint density at radius 1 is 1.17 bits per heavy atom. The van der Waals surface area contributed by atoms with E-state index in [1.165, 1.54) is 12.1 Å². The molecule has 0 aliphatic carbocycles. The van der Waals surface area contributed by atoms with Crippen LogP contribution in [0.5, 0.6) is 0 Å². The maximum absolute atomic E-state index is 13.0. The monoisotopic (exact) mass is 327 g/mol. The number of anilines is 2. The first-order valence-corrected chi connectivity index (χ1v) is 8.02. The van der Waals surface area contributed by atoms with Crippen molar-refractivity contribution in [2.45, 2.75) is 25.8 Å². The summed E-state index contributed by atoms with van der Waals surface area (Å²) >= 11 is 0. The van der Waals surface area contributed by atoms with E-state index in [1.54, 1.807) is 18.3 Å². The highest BCUT2D eigenvalue weighted by Gasteiger charge is 2.21. The van der Waals surface area contributed by atoms with Crippen molar-refractivity contribution in [3.8, 4) is 0 Å². The Morgan fingerprint density at radius 2 is 1.92 bits per heavy atom. The lowest BCUT2D eigenvalue weighted by molar-refractivity contribution is 0.0699. The number of aryl methyl sites for hydroxylation is 1. The van der Waals surface area contributed by atoms with Crippen molar-refractivity contribution in [3.05, 3.63) is 42.1 Å². The molecule has 2 aromatic heterocycles. The van der Waals surface area contributed by atoms with Crippen molar-refractivity contribution in [1.29, 1.82) is 0 Å². The van der Waals surface area contributed by atoms with Crippen LogP contribution in [0.2, 0.25) is 0 Å². The lowest BCUT2D eigenvalue weighted by atomic mass is 10.1. The maximum atomic E-state index is 13.0. The number of benzene rings is 1. The molecule has 0 atom stereocenters. The molecule has 0 spiro atoms. The van der Waals surface area contributed by atoms with Crippen molar-refractivity contribution < 1.29 is 9.13 Å². The summed E-state index contributed by atoms with van der Waals surface area (Å²) in [5, 5.41) is 3.11. The number of nitrogens with one attached hydrogen (secondary N) is 1. The molecular formula is C17H18FN5O. The highest BCUT2D eigenvalue weighted by Crippen LogP contribution is 2.27. The van der Waals surface area contributed by atoms with Crippen molar-refractivity contribution in [2.75, 3.05) is 18.5 Å². The fourth-order valence-corrected chi connectivity index (χ4v) is 3.11. The van der Waals surface area contributed by atoms with E-state index in [4.69, 9.17) is 4.74 Å². The van der Waals surface area contributed by atoms with Crippen LogP contribution in [0.4, 0.5) is 16.0 Å². The second-order valence-corrected chi connectivity index (χ2v) is 5.91. The van der Waals surface area contributed by atoms with E-state index < -0.39 is 0 Å². The van der Waals surface area contributed by atoms with Gasteiger partial charge in [0, 0.05) is 24.9 Å². The smallest absolute Gasteiger partial charge is 0.229 e. The van der Waals surface area contributed by atoms with Gasteiger partial charge in [0.05, 0.1) is 6.20 Å². The quantitative estimate of drug-likeness (QED) is 0.799. The molecule has 1 fully saturated rings.